The number of rotatable bonds is 5. The van der Waals surface area contributed by atoms with E-state index < -0.39 is 0 Å². The van der Waals surface area contributed by atoms with Crippen molar-refractivity contribution in [2.75, 3.05) is 0 Å². The first kappa shape index (κ1) is 30.7. The van der Waals surface area contributed by atoms with Crippen LogP contribution in [0.3, 0.4) is 0 Å². The molecule has 0 spiro atoms. The molecule has 0 saturated heterocycles. The number of aromatic nitrogens is 4. The van der Waals surface area contributed by atoms with Crippen molar-refractivity contribution < 1.29 is 0 Å². The van der Waals surface area contributed by atoms with E-state index in [1.54, 1.807) is 0 Å². The van der Waals surface area contributed by atoms with Crippen molar-refractivity contribution in [3.05, 3.63) is 182 Å². The van der Waals surface area contributed by atoms with E-state index >= 15 is 0 Å². The summed E-state index contributed by atoms with van der Waals surface area (Å²) in [7, 11) is 0. The van der Waals surface area contributed by atoms with E-state index in [1.807, 2.05) is 11.3 Å². The van der Waals surface area contributed by atoms with Gasteiger partial charge < -0.3 is 0 Å². The highest BCUT2D eigenvalue weighted by molar-refractivity contribution is 7.24. The molecule has 0 bridgehead atoms. The van der Waals surface area contributed by atoms with Crippen LogP contribution in [-0.4, -0.2) is 19.4 Å². The maximum Gasteiger partial charge on any atom is 0.164 e. The lowest BCUT2D eigenvalue weighted by Crippen LogP contribution is -2.00. The maximum atomic E-state index is 5.13. The van der Waals surface area contributed by atoms with Crippen molar-refractivity contribution in [3.63, 3.8) is 0 Å². The molecule has 0 saturated carbocycles. The van der Waals surface area contributed by atoms with Crippen molar-refractivity contribution in [2.45, 2.75) is 0 Å². The summed E-state index contributed by atoms with van der Waals surface area (Å²) < 4.78 is 3.70. The van der Waals surface area contributed by atoms with Crippen LogP contribution in [-0.2, 0) is 0 Å². The van der Waals surface area contributed by atoms with Gasteiger partial charge in [-0.05, 0) is 80.7 Å². The Balaban J connectivity index is 1.05. The molecule has 252 valence electrons. The van der Waals surface area contributed by atoms with Gasteiger partial charge in [0.1, 0.15) is 4.83 Å². The van der Waals surface area contributed by atoms with Crippen LogP contribution in [0, 0.1) is 0 Å². The number of hydrogen-bond acceptors (Lipinski definition) is 4. The van der Waals surface area contributed by atoms with E-state index in [9.17, 15) is 0 Å². The minimum atomic E-state index is 0.639. The van der Waals surface area contributed by atoms with Crippen LogP contribution < -0.4 is 0 Å². The fourth-order valence-electron chi connectivity index (χ4n) is 7.78. The monoisotopic (exact) mass is 706 g/mol. The number of para-hydroxylation sites is 2. The molecule has 11 aromatic rings. The Labute approximate surface area is 315 Å². The highest BCUT2D eigenvalue weighted by Gasteiger charge is 2.19. The van der Waals surface area contributed by atoms with Gasteiger partial charge in [0.15, 0.2) is 17.5 Å². The predicted octanol–water partition coefficient (Wildman–Crippen LogP) is 13.1. The molecule has 0 atom stereocenters. The minimum Gasteiger partial charge on any atom is -0.299 e. The summed E-state index contributed by atoms with van der Waals surface area (Å²) in [5, 5.41) is 5.92. The molecule has 0 aliphatic carbocycles. The zero-order valence-electron chi connectivity index (χ0n) is 29.0. The number of benzene rings is 8. The summed E-state index contributed by atoms with van der Waals surface area (Å²) in [6.07, 6.45) is 0. The number of hydrogen-bond donors (Lipinski definition) is 0. The van der Waals surface area contributed by atoms with E-state index in [2.05, 4.69) is 186 Å². The number of thiazole rings is 1. The van der Waals surface area contributed by atoms with Crippen LogP contribution in [0.2, 0.25) is 0 Å². The largest absolute Gasteiger partial charge is 0.299 e. The lowest BCUT2D eigenvalue weighted by molar-refractivity contribution is 1.08. The first-order valence-corrected chi connectivity index (χ1v) is 18.9. The van der Waals surface area contributed by atoms with E-state index in [0.717, 1.165) is 38.6 Å². The highest BCUT2D eigenvalue weighted by atomic mass is 32.1. The van der Waals surface area contributed by atoms with E-state index in [0.29, 0.717) is 17.5 Å². The Hall–Kier alpha value is -6.95. The van der Waals surface area contributed by atoms with Gasteiger partial charge in [-0.25, -0.2) is 15.0 Å². The molecule has 0 aliphatic rings. The molecule has 0 fully saturated rings. The predicted molar refractivity (Wildman–Crippen MR) is 226 cm³/mol. The fraction of sp³-hybridized carbons (Fsp3) is 0. The third-order valence-corrected chi connectivity index (χ3v) is 11.5. The molecule has 0 amide bonds. The first-order chi connectivity index (χ1) is 26.7. The second-order valence-corrected chi connectivity index (χ2v) is 14.7. The van der Waals surface area contributed by atoms with Gasteiger partial charge in [0.05, 0.1) is 15.7 Å². The second kappa shape index (κ2) is 12.3. The summed E-state index contributed by atoms with van der Waals surface area (Å²) in [5.41, 5.74) is 10.0. The zero-order valence-corrected chi connectivity index (χ0v) is 29.8. The summed E-state index contributed by atoms with van der Waals surface area (Å²) >= 11 is 1.85. The fourth-order valence-corrected chi connectivity index (χ4v) is 9.01. The van der Waals surface area contributed by atoms with Crippen LogP contribution in [0.4, 0.5) is 0 Å². The Morgan fingerprint density at radius 2 is 0.833 bits per heavy atom. The molecule has 54 heavy (non-hydrogen) atoms. The van der Waals surface area contributed by atoms with Gasteiger partial charge >= 0.3 is 0 Å². The first-order valence-electron chi connectivity index (χ1n) is 18.1. The van der Waals surface area contributed by atoms with Gasteiger partial charge in [-0.15, -0.1) is 11.3 Å². The molecule has 0 aliphatic heterocycles. The van der Waals surface area contributed by atoms with Crippen LogP contribution in [0.5, 0.6) is 0 Å². The molecule has 0 unspecified atom stereocenters. The quantitative estimate of drug-likeness (QED) is 0.179. The topological polar surface area (TPSA) is 43.1 Å². The van der Waals surface area contributed by atoms with Crippen molar-refractivity contribution in [3.8, 4) is 56.4 Å². The lowest BCUT2D eigenvalue weighted by Gasteiger charge is -2.11. The SMILES string of the molecule is c1cc(-c2cccc(-c3c4ccccc4n4c3sc3ccccc34)c2)cc(-c2nc(-c3ccc4ccccc4c3)nc(-c3ccc4ccccc4c3)n2)c1. The Kier molecular flexibility index (Phi) is 7.00. The van der Waals surface area contributed by atoms with Crippen LogP contribution in [0.1, 0.15) is 0 Å². The average molecular weight is 707 g/mol. The molecule has 4 nitrogen and oxygen atoms in total. The van der Waals surface area contributed by atoms with Crippen LogP contribution in [0.15, 0.2) is 182 Å². The van der Waals surface area contributed by atoms with E-state index in [4.69, 9.17) is 15.0 Å². The van der Waals surface area contributed by atoms with Crippen molar-refractivity contribution >= 4 is 58.8 Å². The summed E-state index contributed by atoms with van der Waals surface area (Å²) in [6, 6.07) is 64.5. The molecule has 5 heteroatoms. The maximum absolute atomic E-state index is 5.13. The summed E-state index contributed by atoms with van der Waals surface area (Å²) in [4.78, 5) is 16.6. The van der Waals surface area contributed by atoms with Gasteiger partial charge in [0.25, 0.3) is 0 Å². The minimum absolute atomic E-state index is 0.639. The molecule has 11 rings (SSSR count). The summed E-state index contributed by atoms with van der Waals surface area (Å²) in [6.45, 7) is 0. The van der Waals surface area contributed by atoms with Crippen LogP contribution in [0.25, 0.3) is 104 Å². The molecule has 0 radical (unpaired) electrons. The Morgan fingerprint density at radius 1 is 0.352 bits per heavy atom. The molecule has 8 aromatic carbocycles. The Morgan fingerprint density at radius 3 is 1.48 bits per heavy atom. The molecule has 3 heterocycles. The third-order valence-electron chi connectivity index (χ3n) is 10.4. The van der Waals surface area contributed by atoms with E-state index in [-0.39, 0.29) is 0 Å². The normalized spacial score (nSPS) is 11.7. The highest BCUT2D eigenvalue weighted by Crippen LogP contribution is 2.43. The second-order valence-electron chi connectivity index (χ2n) is 13.7. The molecule has 0 N–H and O–H groups in total. The van der Waals surface area contributed by atoms with E-state index in [1.165, 1.54) is 47.8 Å². The number of fused-ring (bicyclic) bond motifs is 7. The van der Waals surface area contributed by atoms with Gasteiger partial charge in [-0.2, -0.15) is 0 Å². The third kappa shape index (κ3) is 5.09. The lowest BCUT2D eigenvalue weighted by atomic mass is 9.97. The van der Waals surface area contributed by atoms with Gasteiger partial charge in [0.2, 0.25) is 0 Å². The Bertz CT molecular complexity index is 3150. The molecular formula is C49H30N4S. The van der Waals surface area contributed by atoms with Crippen molar-refractivity contribution in [1.82, 2.24) is 19.4 Å². The van der Waals surface area contributed by atoms with Gasteiger partial charge in [0, 0.05) is 27.6 Å². The summed E-state index contributed by atoms with van der Waals surface area (Å²) in [5.74, 6) is 1.93. The number of nitrogens with zero attached hydrogens (tertiary/aromatic N) is 4. The van der Waals surface area contributed by atoms with Gasteiger partial charge in [-0.3, -0.25) is 4.40 Å². The zero-order chi connectivity index (χ0) is 35.6. The van der Waals surface area contributed by atoms with Crippen molar-refractivity contribution in [2.24, 2.45) is 0 Å². The average Bonchev–Trinajstić information content (AvgIpc) is 3.78. The van der Waals surface area contributed by atoms with Crippen molar-refractivity contribution in [1.29, 1.82) is 0 Å². The standard InChI is InChI=1S/C49H30N4S/c1-3-13-33-28-39(25-23-31(33)11-1)47-50-46(51-48(52-47)40-26-24-32-12-2-4-14-34(32)29-40)38-18-10-16-36(30-38)35-15-9-17-37(27-35)45-41-19-5-6-20-42(41)53-43-21-7-8-22-44(43)54-49(45)53/h1-30H. The molecule has 3 aromatic heterocycles. The smallest absolute Gasteiger partial charge is 0.164 e. The van der Waals surface area contributed by atoms with Crippen LogP contribution >= 0.6 is 11.3 Å². The molecular weight excluding hydrogens is 677 g/mol. The van der Waals surface area contributed by atoms with Gasteiger partial charge in [-0.1, -0.05) is 140 Å².